The van der Waals surface area contributed by atoms with Crippen molar-refractivity contribution in [2.45, 2.75) is 0 Å². The summed E-state index contributed by atoms with van der Waals surface area (Å²) in [7, 11) is 0. The van der Waals surface area contributed by atoms with Crippen LogP contribution in [0.1, 0.15) is 0 Å². The topological polar surface area (TPSA) is 79.1 Å². The molecule has 2 aromatic rings. The normalized spacial score (nSPS) is 10.1. The van der Waals surface area contributed by atoms with Gasteiger partial charge in [0.05, 0.1) is 5.69 Å². The molecule has 4 N–H and O–H groups in total. The summed E-state index contributed by atoms with van der Waals surface area (Å²) in [5, 5.41) is 9.12. The van der Waals surface area contributed by atoms with Gasteiger partial charge in [0.1, 0.15) is 5.75 Å². The van der Waals surface area contributed by atoms with E-state index in [1.165, 1.54) is 6.07 Å². The van der Waals surface area contributed by atoms with Gasteiger partial charge >= 0.3 is 0 Å². The molecular formula is C11H10N2O2. The molecule has 1 heterocycles. The highest BCUT2D eigenvalue weighted by Crippen LogP contribution is 2.20. The van der Waals surface area contributed by atoms with Crippen molar-refractivity contribution in [1.29, 1.82) is 0 Å². The minimum absolute atomic E-state index is 0.185. The predicted molar refractivity (Wildman–Crippen MR) is 58.6 cm³/mol. The first-order valence-electron chi connectivity index (χ1n) is 4.44. The maximum absolute atomic E-state index is 11.2. The van der Waals surface area contributed by atoms with Crippen LogP contribution in [0.2, 0.25) is 0 Å². The maximum Gasteiger partial charge on any atom is 0.250 e. The second-order valence-corrected chi connectivity index (χ2v) is 3.24. The molecule has 0 unspecified atom stereocenters. The van der Waals surface area contributed by atoms with Crippen LogP contribution in [0.25, 0.3) is 11.3 Å². The van der Waals surface area contributed by atoms with Crippen molar-refractivity contribution < 1.29 is 5.11 Å². The molecule has 0 saturated carbocycles. The smallest absolute Gasteiger partial charge is 0.250 e. The highest BCUT2D eigenvalue weighted by Gasteiger charge is 2.00. The number of aromatic nitrogens is 1. The van der Waals surface area contributed by atoms with Gasteiger partial charge in [-0.05, 0) is 35.9 Å². The molecule has 0 aliphatic rings. The number of nitrogens with one attached hydrogen (secondary N) is 1. The lowest BCUT2D eigenvalue weighted by Crippen LogP contribution is -2.06. The third-order valence-corrected chi connectivity index (χ3v) is 2.04. The predicted octanol–water partition coefficient (Wildman–Crippen LogP) is 1.33. The van der Waals surface area contributed by atoms with E-state index in [1.54, 1.807) is 30.3 Å². The Hall–Kier alpha value is -2.23. The Kier molecular flexibility index (Phi) is 2.17. The third-order valence-electron chi connectivity index (χ3n) is 2.04. The van der Waals surface area contributed by atoms with Crippen LogP contribution < -0.4 is 11.3 Å². The molecule has 0 amide bonds. The number of nitrogens with two attached hydrogens (primary N) is 1. The number of H-pyrrole nitrogens is 1. The van der Waals surface area contributed by atoms with Crippen molar-refractivity contribution in [3.05, 3.63) is 46.8 Å². The van der Waals surface area contributed by atoms with Gasteiger partial charge in [-0.15, -0.1) is 0 Å². The molecule has 0 spiro atoms. The lowest BCUT2D eigenvalue weighted by atomic mass is 10.1. The van der Waals surface area contributed by atoms with E-state index < -0.39 is 0 Å². The molecule has 4 nitrogen and oxygen atoms in total. The number of rotatable bonds is 1. The number of nitrogen functional groups attached to an aromatic ring is 1. The zero-order chi connectivity index (χ0) is 10.8. The van der Waals surface area contributed by atoms with Crippen molar-refractivity contribution >= 4 is 5.69 Å². The number of pyridine rings is 1. The van der Waals surface area contributed by atoms with Gasteiger partial charge in [0, 0.05) is 11.8 Å². The summed E-state index contributed by atoms with van der Waals surface area (Å²) in [5.41, 5.74) is 7.18. The molecule has 0 fully saturated rings. The van der Waals surface area contributed by atoms with Gasteiger partial charge in [-0.25, -0.2) is 0 Å². The Balaban J connectivity index is 2.54. The van der Waals surface area contributed by atoms with Crippen molar-refractivity contribution in [2.24, 2.45) is 0 Å². The van der Waals surface area contributed by atoms with Gasteiger partial charge in [0.2, 0.25) is 5.56 Å². The second-order valence-electron chi connectivity index (χ2n) is 3.24. The Labute approximate surface area is 86.0 Å². The summed E-state index contributed by atoms with van der Waals surface area (Å²) in [5.74, 6) is 0.185. The molecule has 0 saturated heterocycles. The van der Waals surface area contributed by atoms with E-state index in [1.807, 2.05) is 0 Å². The molecule has 0 aliphatic carbocycles. The second kappa shape index (κ2) is 3.49. The third kappa shape index (κ3) is 1.99. The van der Waals surface area contributed by atoms with Crippen LogP contribution in [0, 0.1) is 0 Å². The van der Waals surface area contributed by atoms with E-state index in [2.05, 4.69) is 4.98 Å². The van der Waals surface area contributed by atoms with Crippen molar-refractivity contribution in [3.8, 4) is 17.0 Å². The van der Waals surface area contributed by atoms with E-state index >= 15 is 0 Å². The molecule has 1 aromatic carbocycles. The van der Waals surface area contributed by atoms with Crippen molar-refractivity contribution in [1.82, 2.24) is 4.98 Å². The van der Waals surface area contributed by atoms with Crippen LogP contribution in [0.3, 0.4) is 0 Å². The van der Waals surface area contributed by atoms with E-state index in [9.17, 15) is 4.79 Å². The van der Waals surface area contributed by atoms with E-state index in [0.29, 0.717) is 11.4 Å². The van der Waals surface area contributed by atoms with Crippen LogP contribution >= 0.6 is 0 Å². The SMILES string of the molecule is Nc1cc(-c2ccc(O)cc2)[nH]c(=O)c1. The fourth-order valence-electron chi connectivity index (χ4n) is 1.36. The van der Waals surface area contributed by atoms with E-state index in [4.69, 9.17) is 10.8 Å². The lowest BCUT2D eigenvalue weighted by molar-refractivity contribution is 0.475. The summed E-state index contributed by atoms with van der Waals surface area (Å²) in [4.78, 5) is 13.8. The molecular weight excluding hydrogens is 192 g/mol. The Morgan fingerprint density at radius 3 is 2.40 bits per heavy atom. The molecule has 4 heteroatoms. The van der Waals surface area contributed by atoms with Crippen molar-refractivity contribution in [3.63, 3.8) is 0 Å². The summed E-state index contributed by atoms with van der Waals surface area (Å²) >= 11 is 0. The maximum atomic E-state index is 11.2. The van der Waals surface area contributed by atoms with E-state index in [-0.39, 0.29) is 11.3 Å². The molecule has 76 valence electrons. The lowest BCUT2D eigenvalue weighted by Gasteiger charge is -2.02. The number of hydrogen-bond acceptors (Lipinski definition) is 3. The summed E-state index contributed by atoms with van der Waals surface area (Å²) in [6.45, 7) is 0. The number of phenolic OH excluding ortho intramolecular Hbond substituents is 1. The highest BCUT2D eigenvalue weighted by atomic mass is 16.3. The van der Waals surface area contributed by atoms with Crippen LogP contribution in [-0.2, 0) is 0 Å². The summed E-state index contributed by atoms with van der Waals surface area (Å²) in [6.07, 6.45) is 0. The van der Waals surface area contributed by atoms with Crippen LogP contribution in [0.5, 0.6) is 5.75 Å². The van der Waals surface area contributed by atoms with Gasteiger partial charge in [-0.1, -0.05) is 0 Å². The molecule has 0 bridgehead atoms. The van der Waals surface area contributed by atoms with Gasteiger partial charge in [0.15, 0.2) is 0 Å². The number of benzene rings is 1. The molecule has 2 rings (SSSR count). The van der Waals surface area contributed by atoms with Gasteiger partial charge in [-0.3, -0.25) is 4.79 Å². The largest absolute Gasteiger partial charge is 0.508 e. The Morgan fingerprint density at radius 1 is 1.13 bits per heavy atom. The molecule has 0 radical (unpaired) electrons. The monoisotopic (exact) mass is 202 g/mol. The van der Waals surface area contributed by atoms with Gasteiger partial charge in [0.25, 0.3) is 0 Å². The average Bonchev–Trinajstić information content (AvgIpc) is 2.17. The van der Waals surface area contributed by atoms with E-state index in [0.717, 1.165) is 5.56 Å². The number of anilines is 1. The van der Waals surface area contributed by atoms with Crippen molar-refractivity contribution in [2.75, 3.05) is 5.73 Å². The molecule has 0 atom stereocenters. The fraction of sp³-hybridized carbons (Fsp3) is 0. The first kappa shape index (κ1) is 9.33. The zero-order valence-electron chi connectivity index (χ0n) is 7.90. The van der Waals surface area contributed by atoms with Gasteiger partial charge in [-0.2, -0.15) is 0 Å². The quantitative estimate of drug-likeness (QED) is 0.652. The van der Waals surface area contributed by atoms with Crippen LogP contribution in [0.4, 0.5) is 5.69 Å². The van der Waals surface area contributed by atoms with Crippen LogP contribution in [0.15, 0.2) is 41.2 Å². The summed E-state index contributed by atoms with van der Waals surface area (Å²) in [6, 6.07) is 9.52. The summed E-state index contributed by atoms with van der Waals surface area (Å²) < 4.78 is 0. The first-order chi connectivity index (χ1) is 7.15. The number of phenols is 1. The number of aromatic hydroxyl groups is 1. The Morgan fingerprint density at radius 2 is 1.80 bits per heavy atom. The Bertz CT molecular complexity index is 529. The number of aromatic amines is 1. The zero-order valence-corrected chi connectivity index (χ0v) is 7.90. The highest BCUT2D eigenvalue weighted by molar-refractivity contribution is 5.63. The molecule has 15 heavy (non-hydrogen) atoms. The standard InChI is InChI=1S/C11H10N2O2/c12-8-5-10(13-11(15)6-8)7-1-3-9(14)4-2-7/h1-6,14H,(H3,12,13,15). The molecule has 0 aliphatic heterocycles. The fourth-order valence-corrected chi connectivity index (χ4v) is 1.36. The minimum Gasteiger partial charge on any atom is -0.508 e. The number of hydrogen-bond donors (Lipinski definition) is 3. The molecule has 1 aromatic heterocycles. The van der Waals surface area contributed by atoms with Crippen LogP contribution in [-0.4, -0.2) is 10.1 Å². The first-order valence-corrected chi connectivity index (χ1v) is 4.44. The minimum atomic E-state index is -0.238. The van der Waals surface area contributed by atoms with Gasteiger partial charge < -0.3 is 15.8 Å². The average molecular weight is 202 g/mol.